The van der Waals surface area contributed by atoms with Crippen LogP contribution in [0.4, 0.5) is 5.69 Å². The molecule has 0 saturated heterocycles. The van der Waals surface area contributed by atoms with Crippen LogP contribution < -0.4 is 5.32 Å². The molecule has 0 bridgehead atoms. The number of rotatable bonds is 7. The zero-order valence-electron chi connectivity index (χ0n) is 12.5. The Morgan fingerprint density at radius 2 is 2.00 bits per heavy atom. The Bertz CT molecular complexity index is 518. The number of hydrogen-bond donors (Lipinski definition) is 2. The zero-order valence-corrected chi connectivity index (χ0v) is 13.3. The van der Waals surface area contributed by atoms with E-state index < -0.39 is 5.97 Å². The van der Waals surface area contributed by atoms with Crippen molar-refractivity contribution >= 4 is 29.2 Å². The summed E-state index contributed by atoms with van der Waals surface area (Å²) in [7, 11) is 0. The number of carbonyl (C=O) groups excluding carboxylic acids is 1. The summed E-state index contributed by atoms with van der Waals surface area (Å²) in [6.07, 6.45) is 0. The summed E-state index contributed by atoms with van der Waals surface area (Å²) < 4.78 is 0. The number of amides is 1. The molecule has 0 aliphatic carbocycles. The molecule has 116 valence electrons. The van der Waals surface area contributed by atoms with Gasteiger partial charge in [0.2, 0.25) is 5.91 Å². The van der Waals surface area contributed by atoms with Gasteiger partial charge in [-0.25, -0.2) is 0 Å². The van der Waals surface area contributed by atoms with Crippen molar-refractivity contribution in [2.45, 2.75) is 20.8 Å². The van der Waals surface area contributed by atoms with Crippen molar-refractivity contribution < 1.29 is 14.7 Å². The molecule has 6 heteroatoms. The van der Waals surface area contributed by atoms with E-state index in [0.29, 0.717) is 17.3 Å². The highest BCUT2D eigenvalue weighted by molar-refractivity contribution is 6.31. The third kappa shape index (κ3) is 6.60. The lowest BCUT2D eigenvalue weighted by atomic mass is 10.2. The van der Waals surface area contributed by atoms with Crippen LogP contribution in [0.2, 0.25) is 5.02 Å². The van der Waals surface area contributed by atoms with Gasteiger partial charge in [-0.15, -0.1) is 0 Å². The summed E-state index contributed by atoms with van der Waals surface area (Å²) in [4.78, 5) is 24.5. The van der Waals surface area contributed by atoms with E-state index in [2.05, 4.69) is 5.32 Å². The fourth-order valence-corrected chi connectivity index (χ4v) is 2.19. The maximum absolute atomic E-state index is 12.1. The van der Waals surface area contributed by atoms with Crippen LogP contribution in [0.15, 0.2) is 18.2 Å². The fourth-order valence-electron chi connectivity index (χ4n) is 2.01. The predicted octanol–water partition coefficient (Wildman–Crippen LogP) is 2.63. The lowest BCUT2D eigenvalue weighted by Gasteiger charge is -2.22. The second-order valence-electron chi connectivity index (χ2n) is 5.46. The molecule has 0 aliphatic rings. The van der Waals surface area contributed by atoms with Crippen LogP contribution in [-0.2, 0) is 9.59 Å². The molecule has 0 spiro atoms. The first-order chi connectivity index (χ1) is 9.77. The average Bonchev–Trinajstić information content (AvgIpc) is 2.31. The number of aryl methyl sites for hydroxylation is 1. The van der Waals surface area contributed by atoms with Crippen molar-refractivity contribution in [1.29, 1.82) is 0 Å². The van der Waals surface area contributed by atoms with E-state index in [0.717, 1.165) is 5.56 Å². The van der Waals surface area contributed by atoms with E-state index in [4.69, 9.17) is 16.7 Å². The Kier molecular flexibility index (Phi) is 6.65. The maximum atomic E-state index is 12.1. The SMILES string of the molecule is Cc1ccc(Cl)cc1NC(=O)CN(CC(=O)O)CC(C)C. The molecule has 2 N–H and O–H groups in total. The number of anilines is 1. The molecule has 0 atom stereocenters. The third-order valence-electron chi connectivity index (χ3n) is 2.82. The van der Waals surface area contributed by atoms with Gasteiger partial charge < -0.3 is 10.4 Å². The molecule has 0 aliphatic heterocycles. The molecule has 1 aromatic carbocycles. The highest BCUT2D eigenvalue weighted by Crippen LogP contribution is 2.20. The van der Waals surface area contributed by atoms with Crippen molar-refractivity contribution in [2.24, 2.45) is 5.92 Å². The van der Waals surface area contributed by atoms with Gasteiger partial charge in [-0.2, -0.15) is 0 Å². The van der Waals surface area contributed by atoms with E-state index in [9.17, 15) is 9.59 Å². The van der Waals surface area contributed by atoms with Crippen LogP contribution in [0.25, 0.3) is 0 Å². The minimum Gasteiger partial charge on any atom is -0.480 e. The van der Waals surface area contributed by atoms with Crippen molar-refractivity contribution in [2.75, 3.05) is 25.0 Å². The summed E-state index contributed by atoms with van der Waals surface area (Å²) in [6.45, 7) is 6.27. The fraction of sp³-hybridized carbons (Fsp3) is 0.467. The van der Waals surface area contributed by atoms with Gasteiger partial charge >= 0.3 is 5.97 Å². The number of halogens is 1. The quantitative estimate of drug-likeness (QED) is 0.812. The summed E-state index contributed by atoms with van der Waals surface area (Å²) >= 11 is 5.90. The Hall–Kier alpha value is -1.59. The first-order valence-corrected chi connectivity index (χ1v) is 7.16. The monoisotopic (exact) mass is 312 g/mol. The van der Waals surface area contributed by atoms with Crippen LogP contribution in [0.3, 0.4) is 0 Å². The van der Waals surface area contributed by atoms with Gasteiger partial charge in [0.05, 0.1) is 13.1 Å². The normalized spacial score (nSPS) is 11.0. The maximum Gasteiger partial charge on any atom is 0.317 e. The van der Waals surface area contributed by atoms with Crippen LogP contribution in [0, 0.1) is 12.8 Å². The number of carboxylic acids is 1. The molecule has 0 saturated carbocycles. The number of hydrogen-bond acceptors (Lipinski definition) is 3. The zero-order chi connectivity index (χ0) is 16.0. The number of nitrogens with zero attached hydrogens (tertiary/aromatic N) is 1. The molecule has 21 heavy (non-hydrogen) atoms. The highest BCUT2D eigenvalue weighted by atomic mass is 35.5. The van der Waals surface area contributed by atoms with Crippen LogP contribution in [0.1, 0.15) is 19.4 Å². The summed E-state index contributed by atoms with van der Waals surface area (Å²) in [5.41, 5.74) is 1.55. The second-order valence-corrected chi connectivity index (χ2v) is 5.90. The lowest BCUT2D eigenvalue weighted by molar-refractivity contribution is -0.138. The van der Waals surface area contributed by atoms with Crippen molar-refractivity contribution in [1.82, 2.24) is 4.90 Å². The van der Waals surface area contributed by atoms with Gasteiger partial charge in [0.15, 0.2) is 0 Å². The van der Waals surface area contributed by atoms with Gasteiger partial charge in [0.1, 0.15) is 0 Å². The Balaban J connectivity index is 2.68. The van der Waals surface area contributed by atoms with E-state index in [1.54, 1.807) is 17.0 Å². The Morgan fingerprint density at radius 1 is 1.33 bits per heavy atom. The summed E-state index contributed by atoms with van der Waals surface area (Å²) in [6, 6.07) is 5.25. The van der Waals surface area contributed by atoms with E-state index in [-0.39, 0.29) is 24.9 Å². The molecule has 0 fully saturated rings. The van der Waals surface area contributed by atoms with Gasteiger partial charge in [0, 0.05) is 17.3 Å². The minimum absolute atomic E-state index is 0.0381. The first kappa shape index (κ1) is 17.5. The van der Waals surface area contributed by atoms with Crippen molar-refractivity contribution in [3.63, 3.8) is 0 Å². The van der Waals surface area contributed by atoms with Crippen molar-refractivity contribution in [3.05, 3.63) is 28.8 Å². The molecule has 0 aromatic heterocycles. The molecule has 0 heterocycles. The molecule has 5 nitrogen and oxygen atoms in total. The van der Waals surface area contributed by atoms with E-state index >= 15 is 0 Å². The van der Waals surface area contributed by atoms with Gasteiger partial charge in [0.25, 0.3) is 0 Å². The Morgan fingerprint density at radius 3 is 2.57 bits per heavy atom. The molecular formula is C15H21ClN2O3. The smallest absolute Gasteiger partial charge is 0.317 e. The predicted molar refractivity (Wildman–Crippen MR) is 83.7 cm³/mol. The largest absolute Gasteiger partial charge is 0.480 e. The standard InChI is InChI=1S/C15H21ClN2O3/c1-10(2)7-18(9-15(20)21)8-14(19)17-13-6-12(16)5-4-11(13)3/h4-6,10H,7-9H2,1-3H3,(H,17,19)(H,20,21). The molecule has 1 amide bonds. The number of benzene rings is 1. The number of aliphatic carboxylic acids is 1. The van der Waals surface area contributed by atoms with Crippen LogP contribution in [0.5, 0.6) is 0 Å². The molecular weight excluding hydrogens is 292 g/mol. The van der Waals surface area contributed by atoms with Gasteiger partial charge in [-0.05, 0) is 30.5 Å². The molecule has 1 aromatic rings. The number of carboxylic acid groups (broad SMARTS) is 1. The van der Waals surface area contributed by atoms with E-state index in [1.165, 1.54) is 0 Å². The summed E-state index contributed by atoms with van der Waals surface area (Å²) in [5.74, 6) is -0.908. The lowest BCUT2D eigenvalue weighted by Crippen LogP contribution is -2.39. The third-order valence-corrected chi connectivity index (χ3v) is 3.06. The molecule has 1 rings (SSSR count). The number of nitrogens with one attached hydrogen (secondary N) is 1. The average molecular weight is 313 g/mol. The number of carbonyl (C=O) groups is 2. The van der Waals surface area contributed by atoms with Gasteiger partial charge in [-0.3, -0.25) is 14.5 Å². The van der Waals surface area contributed by atoms with Gasteiger partial charge in [-0.1, -0.05) is 31.5 Å². The first-order valence-electron chi connectivity index (χ1n) is 6.78. The minimum atomic E-state index is -0.942. The van der Waals surface area contributed by atoms with Crippen LogP contribution in [-0.4, -0.2) is 41.5 Å². The summed E-state index contributed by atoms with van der Waals surface area (Å²) in [5, 5.41) is 12.2. The molecule has 0 radical (unpaired) electrons. The van der Waals surface area contributed by atoms with Crippen molar-refractivity contribution in [3.8, 4) is 0 Å². The van der Waals surface area contributed by atoms with Crippen LogP contribution >= 0.6 is 11.6 Å². The Labute approximate surface area is 129 Å². The topological polar surface area (TPSA) is 69.6 Å². The molecule has 0 unspecified atom stereocenters. The highest BCUT2D eigenvalue weighted by Gasteiger charge is 2.16. The second kappa shape index (κ2) is 8.00. The van der Waals surface area contributed by atoms with E-state index in [1.807, 2.05) is 26.8 Å².